The quantitative estimate of drug-likeness (QED) is 0.656. The highest BCUT2D eigenvalue weighted by Gasteiger charge is 2.00. The van der Waals surface area contributed by atoms with Crippen LogP contribution < -0.4 is 5.73 Å². The lowest BCUT2D eigenvalue weighted by atomic mass is 10.4. The summed E-state index contributed by atoms with van der Waals surface area (Å²) >= 11 is 3.35. The summed E-state index contributed by atoms with van der Waals surface area (Å²) in [6.07, 6.45) is 2.07. The highest BCUT2D eigenvalue weighted by atomic mass is 32.2. The molecule has 0 unspecified atom stereocenters. The van der Waals surface area contributed by atoms with Gasteiger partial charge >= 0.3 is 0 Å². The Morgan fingerprint density at radius 1 is 1.19 bits per heavy atom. The molecule has 1 aromatic heterocycles. The predicted octanol–water partition coefficient (Wildman–Crippen LogP) is 2.85. The van der Waals surface area contributed by atoms with Crippen LogP contribution in [0.2, 0.25) is 0 Å². The van der Waals surface area contributed by atoms with Crippen LogP contribution >= 0.6 is 23.1 Å². The number of aromatic nitrogens is 2. The first-order chi connectivity index (χ1) is 7.84. The molecule has 2 aromatic rings. The third kappa shape index (κ3) is 3.50. The van der Waals surface area contributed by atoms with Gasteiger partial charge in [-0.1, -0.05) is 29.5 Å². The van der Waals surface area contributed by atoms with E-state index in [4.69, 9.17) is 5.73 Å². The molecule has 0 aliphatic carbocycles. The fourth-order valence-corrected chi connectivity index (χ4v) is 2.82. The molecule has 0 amide bonds. The van der Waals surface area contributed by atoms with Crippen molar-refractivity contribution in [2.75, 3.05) is 11.5 Å². The maximum Gasteiger partial charge on any atom is 0.203 e. The zero-order valence-corrected chi connectivity index (χ0v) is 10.4. The molecule has 0 saturated carbocycles. The SMILES string of the molecule is Nc1nnc(CCCSc2ccccc2)s1. The summed E-state index contributed by atoms with van der Waals surface area (Å²) in [5.41, 5.74) is 5.51. The molecule has 0 fully saturated rings. The van der Waals surface area contributed by atoms with Crippen molar-refractivity contribution in [1.29, 1.82) is 0 Å². The van der Waals surface area contributed by atoms with E-state index in [1.807, 2.05) is 17.8 Å². The van der Waals surface area contributed by atoms with E-state index in [-0.39, 0.29) is 0 Å². The van der Waals surface area contributed by atoms with E-state index in [2.05, 4.69) is 34.5 Å². The van der Waals surface area contributed by atoms with Gasteiger partial charge in [0.25, 0.3) is 0 Å². The first-order valence-electron chi connectivity index (χ1n) is 5.10. The molecule has 16 heavy (non-hydrogen) atoms. The van der Waals surface area contributed by atoms with E-state index >= 15 is 0 Å². The molecule has 0 aliphatic heterocycles. The molecule has 2 rings (SSSR count). The lowest BCUT2D eigenvalue weighted by molar-refractivity contribution is 0.887. The second-order valence-electron chi connectivity index (χ2n) is 3.30. The van der Waals surface area contributed by atoms with Crippen LogP contribution in [0.15, 0.2) is 35.2 Å². The van der Waals surface area contributed by atoms with Crippen LogP contribution in [0, 0.1) is 0 Å². The minimum atomic E-state index is 0.561. The van der Waals surface area contributed by atoms with Gasteiger partial charge in [0.2, 0.25) is 5.13 Å². The first-order valence-corrected chi connectivity index (χ1v) is 6.90. The Morgan fingerprint density at radius 2 is 2.00 bits per heavy atom. The van der Waals surface area contributed by atoms with Crippen LogP contribution in [-0.4, -0.2) is 16.0 Å². The third-order valence-corrected chi connectivity index (χ3v) is 3.94. The van der Waals surface area contributed by atoms with Crippen LogP contribution in [0.3, 0.4) is 0 Å². The summed E-state index contributed by atoms with van der Waals surface area (Å²) in [7, 11) is 0. The fourth-order valence-electron chi connectivity index (χ4n) is 1.30. The van der Waals surface area contributed by atoms with Crippen molar-refractivity contribution in [2.45, 2.75) is 17.7 Å². The number of nitrogens with two attached hydrogens (primary N) is 1. The second kappa shape index (κ2) is 5.86. The van der Waals surface area contributed by atoms with Crippen molar-refractivity contribution in [3.05, 3.63) is 35.3 Å². The van der Waals surface area contributed by atoms with Gasteiger partial charge < -0.3 is 5.73 Å². The summed E-state index contributed by atoms with van der Waals surface area (Å²) in [5.74, 6) is 1.10. The number of benzene rings is 1. The summed E-state index contributed by atoms with van der Waals surface area (Å²) in [5, 5.41) is 9.38. The number of aryl methyl sites for hydroxylation is 1. The number of nitrogens with zero attached hydrogens (tertiary/aromatic N) is 2. The minimum Gasteiger partial charge on any atom is -0.374 e. The van der Waals surface area contributed by atoms with E-state index < -0.39 is 0 Å². The van der Waals surface area contributed by atoms with Gasteiger partial charge in [0.05, 0.1) is 0 Å². The molecular formula is C11H13N3S2. The molecule has 0 radical (unpaired) electrons. The standard InChI is InChI=1S/C11H13N3S2/c12-11-14-13-10(16-11)7-4-8-15-9-5-2-1-3-6-9/h1-3,5-6H,4,7-8H2,(H2,12,14). The molecule has 0 aliphatic rings. The second-order valence-corrected chi connectivity index (χ2v) is 5.56. The van der Waals surface area contributed by atoms with Crippen molar-refractivity contribution >= 4 is 28.2 Å². The van der Waals surface area contributed by atoms with Gasteiger partial charge in [-0.3, -0.25) is 0 Å². The highest BCUT2D eigenvalue weighted by Crippen LogP contribution is 2.19. The van der Waals surface area contributed by atoms with Crippen LogP contribution in [-0.2, 0) is 6.42 Å². The van der Waals surface area contributed by atoms with E-state index in [0.717, 1.165) is 23.6 Å². The predicted molar refractivity (Wildman–Crippen MR) is 69.8 cm³/mol. The van der Waals surface area contributed by atoms with Gasteiger partial charge in [0.15, 0.2) is 0 Å². The Bertz CT molecular complexity index is 428. The number of hydrogen-bond donors (Lipinski definition) is 1. The molecule has 0 spiro atoms. The maximum absolute atomic E-state index is 5.51. The van der Waals surface area contributed by atoms with Gasteiger partial charge in [-0.05, 0) is 24.3 Å². The zero-order chi connectivity index (χ0) is 11.2. The number of rotatable bonds is 5. The highest BCUT2D eigenvalue weighted by molar-refractivity contribution is 7.99. The molecular weight excluding hydrogens is 238 g/mol. The van der Waals surface area contributed by atoms with Gasteiger partial charge in [-0.25, -0.2) is 0 Å². The Morgan fingerprint density at radius 3 is 2.69 bits per heavy atom. The monoisotopic (exact) mass is 251 g/mol. The van der Waals surface area contributed by atoms with E-state index in [1.165, 1.54) is 16.2 Å². The van der Waals surface area contributed by atoms with Crippen molar-refractivity contribution < 1.29 is 0 Å². The van der Waals surface area contributed by atoms with Crippen LogP contribution in [0.4, 0.5) is 5.13 Å². The molecule has 84 valence electrons. The van der Waals surface area contributed by atoms with Crippen molar-refractivity contribution in [3.8, 4) is 0 Å². The van der Waals surface area contributed by atoms with E-state index in [0.29, 0.717) is 5.13 Å². The summed E-state index contributed by atoms with van der Waals surface area (Å²) in [4.78, 5) is 1.32. The fraction of sp³-hybridized carbons (Fsp3) is 0.273. The Kier molecular flexibility index (Phi) is 4.18. The average Bonchev–Trinajstić information content (AvgIpc) is 2.72. The van der Waals surface area contributed by atoms with Crippen LogP contribution in [0.25, 0.3) is 0 Å². The van der Waals surface area contributed by atoms with E-state index in [9.17, 15) is 0 Å². The maximum atomic E-state index is 5.51. The summed E-state index contributed by atoms with van der Waals surface area (Å²) in [6, 6.07) is 10.4. The molecule has 2 N–H and O–H groups in total. The molecule has 5 heteroatoms. The van der Waals surface area contributed by atoms with Crippen LogP contribution in [0.5, 0.6) is 0 Å². The number of hydrogen-bond acceptors (Lipinski definition) is 5. The minimum absolute atomic E-state index is 0.561. The normalized spacial score (nSPS) is 10.5. The smallest absolute Gasteiger partial charge is 0.203 e. The molecule has 3 nitrogen and oxygen atoms in total. The third-order valence-electron chi connectivity index (χ3n) is 2.03. The zero-order valence-electron chi connectivity index (χ0n) is 8.80. The topological polar surface area (TPSA) is 51.8 Å². The molecule has 1 aromatic carbocycles. The average molecular weight is 251 g/mol. The molecule has 0 saturated heterocycles. The summed E-state index contributed by atoms with van der Waals surface area (Å²) in [6.45, 7) is 0. The molecule has 0 atom stereocenters. The van der Waals surface area contributed by atoms with Crippen molar-refractivity contribution in [3.63, 3.8) is 0 Å². The van der Waals surface area contributed by atoms with Gasteiger partial charge in [-0.2, -0.15) is 0 Å². The number of thioether (sulfide) groups is 1. The lowest BCUT2D eigenvalue weighted by Gasteiger charge is -1.99. The van der Waals surface area contributed by atoms with Crippen molar-refractivity contribution in [2.24, 2.45) is 0 Å². The Labute approximate surface area is 103 Å². The molecule has 1 heterocycles. The van der Waals surface area contributed by atoms with Gasteiger partial charge in [-0.15, -0.1) is 22.0 Å². The number of nitrogen functional groups attached to an aromatic ring is 1. The van der Waals surface area contributed by atoms with Crippen molar-refractivity contribution in [1.82, 2.24) is 10.2 Å². The first kappa shape index (κ1) is 11.4. The van der Waals surface area contributed by atoms with Gasteiger partial charge in [0.1, 0.15) is 5.01 Å². The molecule has 0 bridgehead atoms. The number of anilines is 1. The van der Waals surface area contributed by atoms with Gasteiger partial charge in [0, 0.05) is 11.3 Å². The Hall–Kier alpha value is -1.07. The largest absolute Gasteiger partial charge is 0.374 e. The Balaban J connectivity index is 1.69. The van der Waals surface area contributed by atoms with E-state index in [1.54, 1.807) is 0 Å². The lowest BCUT2D eigenvalue weighted by Crippen LogP contribution is -1.87. The summed E-state index contributed by atoms with van der Waals surface area (Å²) < 4.78 is 0. The van der Waals surface area contributed by atoms with Crippen LogP contribution in [0.1, 0.15) is 11.4 Å².